The van der Waals surface area contributed by atoms with Crippen LogP contribution < -0.4 is 4.90 Å². The van der Waals surface area contributed by atoms with Crippen LogP contribution in [0.5, 0.6) is 0 Å². The SMILES string of the molecule is S=c1oc(-c2cc(-c3ccccn3)nc3ccccc23)nn1CN1CCN(c2ncccn2)CC1. The second kappa shape index (κ2) is 9.32. The van der Waals surface area contributed by atoms with Crippen LogP contribution in [0.2, 0.25) is 0 Å². The third-order valence-electron chi connectivity index (χ3n) is 6.02. The van der Waals surface area contributed by atoms with Gasteiger partial charge in [-0.2, -0.15) is 0 Å². The molecule has 0 amide bonds. The van der Waals surface area contributed by atoms with Crippen molar-refractivity contribution in [2.45, 2.75) is 6.67 Å². The van der Waals surface area contributed by atoms with Gasteiger partial charge in [-0.05, 0) is 42.5 Å². The Morgan fingerprint density at radius 2 is 1.60 bits per heavy atom. The molecule has 4 aromatic heterocycles. The van der Waals surface area contributed by atoms with E-state index in [0.717, 1.165) is 60.0 Å². The zero-order valence-corrected chi connectivity index (χ0v) is 19.7. The van der Waals surface area contributed by atoms with E-state index in [0.29, 0.717) is 17.4 Å². The van der Waals surface area contributed by atoms with E-state index in [-0.39, 0.29) is 0 Å². The molecule has 9 nitrogen and oxygen atoms in total. The molecule has 1 aromatic carbocycles. The van der Waals surface area contributed by atoms with Crippen LogP contribution in [0, 0.1) is 4.84 Å². The van der Waals surface area contributed by atoms with Gasteiger partial charge in [0.05, 0.1) is 29.1 Å². The second-order valence-electron chi connectivity index (χ2n) is 8.26. The Hall–Kier alpha value is -4.02. The van der Waals surface area contributed by atoms with Gasteiger partial charge in [0.25, 0.3) is 4.84 Å². The molecule has 0 spiro atoms. The molecule has 0 unspecified atom stereocenters. The number of benzene rings is 1. The minimum absolute atomic E-state index is 0.342. The first-order chi connectivity index (χ1) is 17.2. The Morgan fingerprint density at radius 1 is 0.829 bits per heavy atom. The number of aromatic nitrogens is 6. The van der Waals surface area contributed by atoms with Crippen molar-refractivity contribution in [2.24, 2.45) is 0 Å². The zero-order chi connectivity index (χ0) is 23.6. The Balaban J connectivity index is 1.27. The highest BCUT2D eigenvalue weighted by Crippen LogP contribution is 2.31. The molecule has 35 heavy (non-hydrogen) atoms. The standard InChI is InChI=1S/C25H22N8OS/c35-25-33(17-31-12-14-32(15-13-31)24-27-10-5-11-28-24)30-23(34-25)19-16-22(21-8-3-4-9-26-21)29-20-7-2-1-6-18(19)20/h1-11,16H,12-15,17H2. The zero-order valence-electron chi connectivity index (χ0n) is 18.9. The van der Waals surface area contributed by atoms with Crippen molar-refractivity contribution in [2.75, 3.05) is 31.1 Å². The van der Waals surface area contributed by atoms with Crippen LogP contribution in [-0.2, 0) is 6.67 Å². The molecule has 6 rings (SSSR count). The number of hydrogen-bond donors (Lipinski definition) is 0. The molecule has 5 aromatic rings. The average molecular weight is 483 g/mol. The fourth-order valence-corrected chi connectivity index (χ4v) is 4.41. The van der Waals surface area contributed by atoms with E-state index in [2.05, 4.69) is 24.8 Å². The molecule has 5 heterocycles. The van der Waals surface area contributed by atoms with Gasteiger partial charge in [-0.1, -0.05) is 24.3 Å². The molecule has 0 N–H and O–H groups in total. The van der Waals surface area contributed by atoms with Crippen LogP contribution in [0.25, 0.3) is 33.7 Å². The van der Waals surface area contributed by atoms with Gasteiger partial charge in [-0.25, -0.2) is 19.6 Å². The molecule has 174 valence electrons. The lowest BCUT2D eigenvalue weighted by Crippen LogP contribution is -2.47. The van der Waals surface area contributed by atoms with Crippen molar-refractivity contribution in [1.29, 1.82) is 0 Å². The molecule has 10 heteroatoms. The van der Waals surface area contributed by atoms with Crippen molar-refractivity contribution in [3.63, 3.8) is 0 Å². The monoisotopic (exact) mass is 482 g/mol. The van der Waals surface area contributed by atoms with Crippen LogP contribution in [0.4, 0.5) is 5.95 Å². The van der Waals surface area contributed by atoms with Crippen LogP contribution in [-0.4, -0.2) is 60.8 Å². The molecular formula is C25H22N8OS. The maximum absolute atomic E-state index is 5.99. The maximum atomic E-state index is 5.99. The van der Waals surface area contributed by atoms with E-state index in [4.69, 9.17) is 26.7 Å². The third kappa shape index (κ3) is 4.41. The maximum Gasteiger partial charge on any atom is 0.288 e. The molecule has 1 saturated heterocycles. The van der Waals surface area contributed by atoms with Crippen molar-refractivity contribution >= 4 is 29.1 Å². The van der Waals surface area contributed by atoms with Gasteiger partial charge in [-0.15, -0.1) is 5.10 Å². The Bertz CT molecular complexity index is 1510. The van der Waals surface area contributed by atoms with Crippen LogP contribution in [0.3, 0.4) is 0 Å². The Labute approximate surface area is 206 Å². The summed E-state index contributed by atoms with van der Waals surface area (Å²) in [5.74, 6) is 1.24. The molecule has 1 aliphatic rings. The first-order valence-electron chi connectivity index (χ1n) is 11.4. The molecule has 1 fully saturated rings. The first kappa shape index (κ1) is 21.5. The molecule has 0 atom stereocenters. The molecule has 0 bridgehead atoms. The fraction of sp³-hybridized carbons (Fsp3) is 0.200. The first-order valence-corrected chi connectivity index (χ1v) is 11.8. The predicted octanol–water partition coefficient (Wildman–Crippen LogP) is 4.05. The number of rotatable bonds is 5. The lowest BCUT2D eigenvalue weighted by molar-refractivity contribution is 0.191. The number of para-hydroxylation sites is 1. The third-order valence-corrected chi connectivity index (χ3v) is 6.32. The topological polar surface area (TPSA) is 89.0 Å². The van der Waals surface area contributed by atoms with Crippen molar-refractivity contribution in [1.82, 2.24) is 34.6 Å². The van der Waals surface area contributed by atoms with Crippen molar-refractivity contribution in [3.8, 4) is 22.8 Å². The number of hydrogen-bond acceptors (Lipinski definition) is 9. The van der Waals surface area contributed by atoms with E-state index >= 15 is 0 Å². The number of nitrogens with zero attached hydrogens (tertiary/aromatic N) is 8. The van der Waals surface area contributed by atoms with Crippen LogP contribution in [0.1, 0.15) is 0 Å². The average Bonchev–Trinajstić information content (AvgIpc) is 3.29. The number of anilines is 1. The van der Waals surface area contributed by atoms with Crippen LogP contribution in [0.15, 0.2) is 77.6 Å². The van der Waals surface area contributed by atoms with E-state index in [1.807, 2.05) is 54.6 Å². The van der Waals surface area contributed by atoms with Gasteiger partial charge >= 0.3 is 0 Å². The van der Waals surface area contributed by atoms with Gasteiger partial charge in [0.1, 0.15) is 0 Å². The van der Waals surface area contributed by atoms with E-state index in [1.54, 1.807) is 23.3 Å². The van der Waals surface area contributed by atoms with Gasteiger partial charge in [0.2, 0.25) is 11.8 Å². The lowest BCUT2D eigenvalue weighted by atomic mass is 10.1. The summed E-state index contributed by atoms with van der Waals surface area (Å²) in [5, 5.41) is 5.70. The fourth-order valence-electron chi connectivity index (χ4n) is 4.24. The normalized spacial score (nSPS) is 14.5. The smallest absolute Gasteiger partial charge is 0.288 e. The highest BCUT2D eigenvalue weighted by molar-refractivity contribution is 7.71. The largest absolute Gasteiger partial charge is 0.409 e. The summed E-state index contributed by atoms with van der Waals surface area (Å²) in [4.78, 5) is 22.8. The summed E-state index contributed by atoms with van der Waals surface area (Å²) in [7, 11) is 0. The number of fused-ring (bicyclic) bond motifs is 1. The van der Waals surface area contributed by atoms with Crippen molar-refractivity contribution < 1.29 is 4.42 Å². The van der Waals surface area contributed by atoms with Gasteiger partial charge in [0.15, 0.2) is 0 Å². The Kier molecular flexibility index (Phi) is 5.73. The molecule has 0 saturated carbocycles. The predicted molar refractivity (Wildman–Crippen MR) is 135 cm³/mol. The summed E-state index contributed by atoms with van der Waals surface area (Å²) < 4.78 is 7.74. The summed E-state index contributed by atoms with van der Waals surface area (Å²) in [5.41, 5.74) is 3.24. The van der Waals surface area contributed by atoms with Gasteiger partial charge in [0, 0.05) is 50.2 Å². The molecule has 0 aliphatic carbocycles. The van der Waals surface area contributed by atoms with Gasteiger partial charge in [-0.3, -0.25) is 9.88 Å². The van der Waals surface area contributed by atoms with E-state index in [9.17, 15) is 0 Å². The summed E-state index contributed by atoms with van der Waals surface area (Å²) in [6, 6.07) is 17.5. The van der Waals surface area contributed by atoms with Crippen molar-refractivity contribution in [3.05, 3.63) is 78.0 Å². The second-order valence-corrected chi connectivity index (χ2v) is 8.60. The van der Waals surface area contributed by atoms with Crippen LogP contribution >= 0.6 is 12.2 Å². The molecular weight excluding hydrogens is 460 g/mol. The number of piperazine rings is 1. The van der Waals surface area contributed by atoms with Gasteiger partial charge < -0.3 is 9.32 Å². The minimum Gasteiger partial charge on any atom is -0.409 e. The summed E-state index contributed by atoms with van der Waals surface area (Å²) >= 11 is 5.54. The summed E-state index contributed by atoms with van der Waals surface area (Å²) in [6.07, 6.45) is 5.30. The molecule has 1 aliphatic heterocycles. The minimum atomic E-state index is 0.342. The number of pyridine rings is 2. The lowest BCUT2D eigenvalue weighted by Gasteiger charge is -2.34. The highest BCUT2D eigenvalue weighted by Gasteiger charge is 2.21. The highest BCUT2D eigenvalue weighted by atomic mass is 32.1. The Morgan fingerprint density at radius 3 is 2.40 bits per heavy atom. The molecule has 0 radical (unpaired) electrons. The van der Waals surface area contributed by atoms with E-state index in [1.165, 1.54) is 0 Å². The summed E-state index contributed by atoms with van der Waals surface area (Å²) in [6.45, 7) is 3.94. The van der Waals surface area contributed by atoms with E-state index < -0.39 is 0 Å². The quantitative estimate of drug-likeness (QED) is 0.344.